The van der Waals surface area contributed by atoms with E-state index in [-0.39, 0.29) is 5.60 Å². The van der Waals surface area contributed by atoms with Crippen molar-refractivity contribution in [1.29, 1.82) is 0 Å². The topological polar surface area (TPSA) is 23.5 Å². The summed E-state index contributed by atoms with van der Waals surface area (Å²) in [4.78, 5) is 2.67. The monoisotopic (exact) mass is 279 g/mol. The molecule has 1 heterocycles. The third-order valence-corrected chi connectivity index (χ3v) is 6.33. The first kappa shape index (κ1) is 14.8. The van der Waals surface area contributed by atoms with E-state index in [0.717, 1.165) is 6.42 Å². The van der Waals surface area contributed by atoms with Crippen molar-refractivity contribution in [1.82, 2.24) is 4.90 Å². The van der Waals surface area contributed by atoms with Crippen LogP contribution >= 0.6 is 0 Å². The fourth-order valence-electron chi connectivity index (χ4n) is 5.10. The highest BCUT2D eigenvalue weighted by atomic mass is 16.3. The number of hydrogen-bond acceptors (Lipinski definition) is 2. The molecule has 0 aromatic heterocycles. The highest BCUT2D eigenvalue weighted by Gasteiger charge is 2.46. The standard InChI is InChI=1S/C18H33NO/c20-18(16-9-3-4-10-16)12-6-5-11-17(18)15-19-13-7-1-2-8-14-19/h16-17,20H,1-15H2. The smallest absolute Gasteiger partial charge is 0.0716 e. The highest BCUT2D eigenvalue weighted by Crippen LogP contribution is 2.46. The first-order valence-electron chi connectivity index (χ1n) is 9.24. The van der Waals surface area contributed by atoms with Crippen molar-refractivity contribution in [2.45, 2.75) is 82.7 Å². The largest absolute Gasteiger partial charge is 0.389 e. The second-order valence-electron chi connectivity index (χ2n) is 7.63. The molecule has 1 N–H and O–H groups in total. The summed E-state index contributed by atoms with van der Waals surface area (Å²) in [5.41, 5.74) is -0.318. The Labute approximate surface area is 124 Å². The van der Waals surface area contributed by atoms with Gasteiger partial charge in [0.1, 0.15) is 0 Å². The number of aliphatic hydroxyl groups is 1. The SMILES string of the molecule is OC1(C2CCCC2)CCCCC1CN1CCCCCC1. The normalized spacial score (nSPS) is 38.0. The van der Waals surface area contributed by atoms with E-state index in [1.54, 1.807) is 0 Å². The van der Waals surface area contributed by atoms with Gasteiger partial charge in [-0.1, -0.05) is 38.5 Å². The minimum absolute atomic E-state index is 0.318. The zero-order valence-electron chi connectivity index (χ0n) is 13.2. The van der Waals surface area contributed by atoms with Crippen LogP contribution in [0.3, 0.4) is 0 Å². The molecule has 0 aromatic carbocycles. The molecule has 20 heavy (non-hydrogen) atoms. The molecular weight excluding hydrogens is 246 g/mol. The molecule has 1 saturated heterocycles. The molecule has 116 valence electrons. The van der Waals surface area contributed by atoms with E-state index in [9.17, 15) is 5.11 Å². The van der Waals surface area contributed by atoms with Crippen molar-refractivity contribution in [3.63, 3.8) is 0 Å². The third-order valence-electron chi connectivity index (χ3n) is 6.33. The van der Waals surface area contributed by atoms with Gasteiger partial charge in [0.2, 0.25) is 0 Å². The lowest BCUT2D eigenvalue weighted by Crippen LogP contribution is -2.51. The van der Waals surface area contributed by atoms with Gasteiger partial charge in [-0.25, -0.2) is 0 Å². The Kier molecular flexibility index (Phi) is 5.04. The lowest BCUT2D eigenvalue weighted by molar-refractivity contribution is -0.101. The van der Waals surface area contributed by atoms with Gasteiger partial charge in [-0.3, -0.25) is 0 Å². The van der Waals surface area contributed by atoms with Crippen LogP contribution in [0.2, 0.25) is 0 Å². The van der Waals surface area contributed by atoms with Crippen LogP contribution in [0, 0.1) is 11.8 Å². The summed E-state index contributed by atoms with van der Waals surface area (Å²) in [6.45, 7) is 3.72. The molecular formula is C18H33NO. The molecule has 0 amide bonds. The Morgan fingerprint density at radius 2 is 1.45 bits per heavy atom. The predicted molar refractivity (Wildman–Crippen MR) is 83.8 cm³/mol. The van der Waals surface area contributed by atoms with Crippen LogP contribution in [0.15, 0.2) is 0 Å². The van der Waals surface area contributed by atoms with E-state index < -0.39 is 0 Å². The number of nitrogens with zero attached hydrogens (tertiary/aromatic N) is 1. The Hall–Kier alpha value is -0.0800. The van der Waals surface area contributed by atoms with Crippen LogP contribution in [-0.4, -0.2) is 35.2 Å². The van der Waals surface area contributed by atoms with Gasteiger partial charge >= 0.3 is 0 Å². The summed E-state index contributed by atoms with van der Waals surface area (Å²) in [6, 6.07) is 0. The first-order valence-corrected chi connectivity index (χ1v) is 9.24. The lowest BCUT2D eigenvalue weighted by Gasteiger charge is -2.46. The van der Waals surface area contributed by atoms with Crippen LogP contribution < -0.4 is 0 Å². The second-order valence-corrected chi connectivity index (χ2v) is 7.63. The molecule has 2 saturated carbocycles. The summed E-state index contributed by atoms with van der Waals surface area (Å²) in [6.07, 6.45) is 15.8. The fourth-order valence-corrected chi connectivity index (χ4v) is 5.10. The maximum atomic E-state index is 11.4. The van der Waals surface area contributed by atoms with Gasteiger partial charge in [0.05, 0.1) is 5.60 Å². The summed E-state index contributed by atoms with van der Waals surface area (Å²) in [5.74, 6) is 1.16. The van der Waals surface area contributed by atoms with Crippen molar-refractivity contribution >= 4 is 0 Å². The van der Waals surface area contributed by atoms with Gasteiger partial charge in [-0.2, -0.15) is 0 Å². The van der Waals surface area contributed by atoms with E-state index in [1.807, 2.05) is 0 Å². The molecule has 0 bridgehead atoms. The summed E-state index contributed by atoms with van der Waals surface area (Å²) >= 11 is 0. The summed E-state index contributed by atoms with van der Waals surface area (Å²) in [5, 5.41) is 11.4. The molecule has 2 atom stereocenters. The zero-order chi connectivity index (χ0) is 13.8. The highest BCUT2D eigenvalue weighted by molar-refractivity contribution is 4.98. The van der Waals surface area contributed by atoms with Crippen molar-refractivity contribution in [3.05, 3.63) is 0 Å². The molecule has 3 fully saturated rings. The third kappa shape index (κ3) is 3.22. The molecule has 1 aliphatic heterocycles. The first-order chi connectivity index (χ1) is 9.79. The Bertz CT molecular complexity index is 292. The number of hydrogen-bond donors (Lipinski definition) is 1. The van der Waals surface area contributed by atoms with Crippen LogP contribution in [0.1, 0.15) is 77.0 Å². The Balaban J connectivity index is 1.64. The zero-order valence-corrected chi connectivity index (χ0v) is 13.2. The average Bonchev–Trinajstić information content (AvgIpc) is 2.88. The van der Waals surface area contributed by atoms with E-state index >= 15 is 0 Å². The van der Waals surface area contributed by atoms with Gasteiger partial charge in [0, 0.05) is 12.5 Å². The molecule has 0 radical (unpaired) electrons. The lowest BCUT2D eigenvalue weighted by atomic mass is 9.67. The van der Waals surface area contributed by atoms with Crippen molar-refractivity contribution in [3.8, 4) is 0 Å². The van der Waals surface area contributed by atoms with Crippen molar-refractivity contribution in [2.24, 2.45) is 11.8 Å². The summed E-state index contributed by atoms with van der Waals surface area (Å²) in [7, 11) is 0. The minimum Gasteiger partial charge on any atom is -0.389 e. The molecule has 3 rings (SSSR count). The van der Waals surface area contributed by atoms with E-state index in [2.05, 4.69) is 4.90 Å². The predicted octanol–water partition coefficient (Wildman–Crippen LogP) is 3.97. The van der Waals surface area contributed by atoms with Gasteiger partial charge in [-0.15, -0.1) is 0 Å². The number of rotatable bonds is 3. The maximum absolute atomic E-state index is 11.4. The van der Waals surface area contributed by atoms with Crippen LogP contribution in [0.25, 0.3) is 0 Å². The second kappa shape index (κ2) is 6.79. The fraction of sp³-hybridized carbons (Fsp3) is 1.00. The molecule has 2 unspecified atom stereocenters. The quantitative estimate of drug-likeness (QED) is 0.845. The Morgan fingerprint density at radius 3 is 2.15 bits per heavy atom. The van der Waals surface area contributed by atoms with Gasteiger partial charge in [0.15, 0.2) is 0 Å². The number of likely N-dealkylation sites (tertiary alicyclic amines) is 1. The molecule has 3 aliphatic rings. The summed E-state index contributed by atoms with van der Waals surface area (Å²) < 4.78 is 0. The van der Waals surface area contributed by atoms with E-state index in [0.29, 0.717) is 11.8 Å². The van der Waals surface area contributed by atoms with E-state index in [1.165, 1.54) is 90.3 Å². The molecule has 0 spiro atoms. The van der Waals surface area contributed by atoms with Gasteiger partial charge in [0.25, 0.3) is 0 Å². The van der Waals surface area contributed by atoms with E-state index in [4.69, 9.17) is 0 Å². The molecule has 2 nitrogen and oxygen atoms in total. The molecule has 0 aromatic rings. The Morgan fingerprint density at radius 1 is 0.800 bits per heavy atom. The van der Waals surface area contributed by atoms with Crippen molar-refractivity contribution in [2.75, 3.05) is 19.6 Å². The van der Waals surface area contributed by atoms with Gasteiger partial charge in [-0.05, 0) is 57.5 Å². The maximum Gasteiger partial charge on any atom is 0.0716 e. The van der Waals surface area contributed by atoms with Crippen LogP contribution in [-0.2, 0) is 0 Å². The average molecular weight is 279 g/mol. The molecule has 2 aliphatic carbocycles. The van der Waals surface area contributed by atoms with Gasteiger partial charge < -0.3 is 10.0 Å². The van der Waals surface area contributed by atoms with Crippen molar-refractivity contribution < 1.29 is 5.11 Å². The minimum atomic E-state index is -0.318. The van der Waals surface area contributed by atoms with Crippen LogP contribution in [0.4, 0.5) is 0 Å². The van der Waals surface area contributed by atoms with Crippen LogP contribution in [0.5, 0.6) is 0 Å². The molecule has 2 heteroatoms.